The van der Waals surface area contributed by atoms with Gasteiger partial charge in [0.25, 0.3) is 0 Å². The van der Waals surface area contributed by atoms with Crippen molar-refractivity contribution in [2.24, 2.45) is 51.2 Å². The molecule has 6 heteroatoms. The molecule has 7 rings (SSSR count). The van der Waals surface area contributed by atoms with Crippen molar-refractivity contribution < 1.29 is 19.5 Å². The molecule has 5 saturated carbocycles. The highest BCUT2D eigenvalue weighted by molar-refractivity contribution is 5.94. The number of carbonyl (C=O) groups excluding carboxylic acids is 2. The highest BCUT2D eigenvalue weighted by atomic mass is 16.4. The van der Waals surface area contributed by atoms with Gasteiger partial charge in [-0.1, -0.05) is 77.1 Å². The van der Waals surface area contributed by atoms with Crippen LogP contribution in [0, 0.1) is 51.2 Å². The molecule has 0 spiro atoms. The fourth-order valence-electron chi connectivity index (χ4n) is 13.3. The van der Waals surface area contributed by atoms with Crippen molar-refractivity contribution in [1.29, 1.82) is 0 Å². The van der Waals surface area contributed by atoms with E-state index in [2.05, 4.69) is 77.0 Å². The number of amides is 2. The highest BCUT2D eigenvalue weighted by Crippen LogP contribution is 2.76. The van der Waals surface area contributed by atoms with Crippen LogP contribution in [-0.4, -0.2) is 34.0 Å². The summed E-state index contributed by atoms with van der Waals surface area (Å²) in [6, 6.07) is 7.98. The predicted molar refractivity (Wildman–Crippen MR) is 190 cm³/mol. The SMILES string of the molecule is C=C(C)C1CCC2(NC(=O)NC3(C(=O)O)CC3)CCC3(C)C(CCC4C5(C)CC=C(c6ccc(C(C)=O)cc6)C(C)(C)C5CCC43C)C12. The number of benzene rings is 1. The van der Waals surface area contributed by atoms with Crippen LogP contribution in [0.2, 0.25) is 0 Å². The number of hydrogen-bond acceptors (Lipinski definition) is 3. The molecule has 0 bridgehead atoms. The molecule has 1 aromatic rings. The molecule has 9 atom stereocenters. The van der Waals surface area contributed by atoms with Gasteiger partial charge in [0.05, 0.1) is 0 Å². The molecule has 5 fully saturated rings. The summed E-state index contributed by atoms with van der Waals surface area (Å²) < 4.78 is 0. The smallest absolute Gasteiger partial charge is 0.329 e. The van der Waals surface area contributed by atoms with E-state index in [1.807, 2.05) is 12.1 Å². The van der Waals surface area contributed by atoms with Gasteiger partial charge in [-0.25, -0.2) is 9.59 Å². The third kappa shape index (κ3) is 4.59. The minimum Gasteiger partial charge on any atom is -0.480 e. The Bertz CT molecular complexity index is 1590. The Labute approximate surface area is 288 Å². The largest absolute Gasteiger partial charge is 0.480 e. The Morgan fingerprint density at radius 3 is 2.08 bits per heavy atom. The number of Topliss-reactive ketones (excluding diaryl/α,β-unsaturated/α-hetero) is 1. The number of hydrogen-bond donors (Lipinski definition) is 3. The molecule has 2 amide bonds. The van der Waals surface area contributed by atoms with Crippen molar-refractivity contribution in [2.45, 2.75) is 130 Å². The lowest BCUT2D eigenvalue weighted by Crippen LogP contribution is -2.69. The maximum Gasteiger partial charge on any atom is 0.329 e. The standard InChI is InChI=1S/C42H58N2O4/c1-25(2)29-15-20-41(43-36(48)44-42(23-24-42)35(46)47)22-21-39(7)31(34(29)41)13-14-33-38(6)18-16-30(28-11-9-27(10-12-28)26(3)45)37(4,5)32(38)17-19-40(33,39)8/h9-12,16,29,31-34H,1,13-15,17-24H2,2-8H3,(H,46,47)(H2,43,44,48). The normalized spacial score (nSPS) is 41.7. The Kier molecular flexibility index (Phi) is 7.56. The van der Waals surface area contributed by atoms with Crippen molar-refractivity contribution in [3.8, 4) is 0 Å². The number of urea groups is 1. The molecule has 6 aliphatic rings. The third-order valence-corrected chi connectivity index (χ3v) is 16.1. The number of fused-ring (bicyclic) bond motifs is 7. The molecule has 6 nitrogen and oxygen atoms in total. The van der Waals surface area contributed by atoms with Crippen LogP contribution in [0.25, 0.3) is 5.57 Å². The van der Waals surface area contributed by atoms with E-state index in [9.17, 15) is 19.5 Å². The van der Waals surface area contributed by atoms with Gasteiger partial charge in [-0.05, 0) is 147 Å². The highest BCUT2D eigenvalue weighted by Gasteiger charge is 2.71. The summed E-state index contributed by atoms with van der Waals surface area (Å²) in [7, 11) is 0. The van der Waals surface area contributed by atoms with Crippen LogP contribution >= 0.6 is 0 Å². The lowest BCUT2D eigenvalue weighted by molar-refractivity contribution is -0.218. The molecule has 0 aliphatic heterocycles. The maximum absolute atomic E-state index is 13.5. The van der Waals surface area contributed by atoms with Crippen molar-refractivity contribution in [1.82, 2.24) is 10.6 Å². The van der Waals surface area contributed by atoms with Gasteiger partial charge in [0.1, 0.15) is 5.54 Å². The van der Waals surface area contributed by atoms with E-state index < -0.39 is 11.5 Å². The molecule has 0 radical (unpaired) electrons. The fourth-order valence-corrected chi connectivity index (χ4v) is 13.3. The summed E-state index contributed by atoms with van der Waals surface area (Å²) in [5, 5.41) is 16.1. The van der Waals surface area contributed by atoms with Gasteiger partial charge in [0.2, 0.25) is 0 Å². The quantitative estimate of drug-likeness (QED) is 0.211. The Hall–Kier alpha value is -2.89. The fraction of sp³-hybridized carbons (Fsp3) is 0.690. The van der Waals surface area contributed by atoms with Gasteiger partial charge in [-0.15, -0.1) is 0 Å². The molecule has 0 heterocycles. The first-order valence-corrected chi connectivity index (χ1v) is 18.8. The van der Waals surface area contributed by atoms with Gasteiger partial charge in [0.15, 0.2) is 5.78 Å². The third-order valence-electron chi connectivity index (χ3n) is 16.1. The number of ketones is 1. The molecule has 48 heavy (non-hydrogen) atoms. The monoisotopic (exact) mass is 654 g/mol. The molecular weight excluding hydrogens is 596 g/mol. The number of nitrogens with one attached hydrogen (secondary N) is 2. The Morgan fingerprint density at radius 2 is 1.48 bits per heavy atom. The van der Waals surface area contributed by atoms with E-state index in [0.717, 1.165) is 37.7 Å². The number of rotatable bonds is 6. The van der Waals surface area contributed by atoms with Gasteiger partial charge in [-0.2, -0.15) is 0 Å². The molecule has 0 aromatic heterocycles. The average Bonchev–Trinajstić information content (AvgIpc) is 3.69. The van der Waals surface area contributed by atoms with Gasteiger partial charge >= 0.3 is 12.0 Å². The number of allylic oxidation sites excluding steroid dienone is 3. The first-order chi connectivity index (χ1) is 22.4. The summed E-state index contributed by atoms with van der Waals surface area (Å²) in [5.41, 5.74) is 3.81. The zero-order valence-corrected chi connectivity index (χ0v) is 30.4. The molecular formula is C42H58N2O4. The van der Waals surface area contributed by atoms with Crippen LogP contribution in [0.3, 0.4) is 0 Å². The summed E-state index contributed by atoms with van der Waals surface area (Å²) in [4.78, 5) is 37.4. The van der Waals surface area contributed by atoms with E-state index in [-0.39, 0.29) is 39.0 Å². The molecule has 1 aromatic carbocycles. The zero-order valence-electron chi connectivity index (χ0n) is 30.4. The molecule has 3 N–H and O–H groups in total. The Morgan fingerprint density at radius 1 is 0.792 bits per heavy atom. The second kappa shape index (κ2) is 10.8. The molecule has 260 valence electrons. The van der Waals surface area contributed by atoms with Crippen LogP contribution < -0.4 is 10.6 Å². The van der Waals surface area contributed by atoms with E-state index in [1.54, 1.807) is 6.92 Å². The number of carboxylic acid groups (broad SMARTS) is 1. The van der Waals surface area contributed by atoms with Gasteiger partial charge < -0.3 is 15.7 Å². The van der Waals surface area contributed by atoms with E-state index in [0.29, 0.717) is 42.4 Å². The second-order valence-corrected chi connectivity index (χ2v) is 18.5. The van der Waals surface area contributed by atoms with E-state index >= 15 is 0 Å². The summed E-state index contributed by atoms with van der Waals surface area (Å²) in [6.07, 6.45) is 13.4. The van der Waals surface area contributed by atoms with Crippen LogP contribution in [0.15, 0.2) is 42.5 Å². The zero-order chi connectivity index (χ0) is 34.7. The summed E-state index contributed by atoms with van der Waals surface area (Å²) in [6.45, 7) is 21.1. The summed E-state index contributed by atoms with van der Waals surface area (Å²) >= 11 is 0. The maximum atomic E-state index is 13.5. The summed E-state index contributed by atoms with van der Waals surface area (Å²) in [5.74, 6) is 1.53. The number of carboxylic acids is 1. The predicted octanol–water partition coefficient (Wildman–Crippen LogP) is 9.21. The Balaban J connectivity index is 1.19. The minimum absolute atomic E-state index is 0.0220. The number of carbonyl (C=O) groups is 3. The van der Waals surface area contributed by atoms with Crippen LogP contribution in [0.4, 0.5) is 4.79 Å². The average molecular weight is 655 g/mol. The van der Waals surface area contributed by atoms with Crippen LogP contribution in [0.5, 0.6) is 0 Å². The van der Waals surface area contributed by atoms with Crippen LogP contribution in [0.1, 0.15) is 135 Å². The number of aliphatic carboxylic acids is 1. The van der Waals surface area contributed by atoms with Crippen molar-refractivity contribution in [3.63, 3.8) is 0 Å². The lowest BCUT2D eigenvalue weighted by Gasteiger charge is -2.72. The second-order valence-electron chi connectivity index (χ2n) is 18.5. The van der Waals surface area contributed by atoms with E-state index in [1.165, 1.54) is 42.4 Å². The first-order valence-electron chi connectivity index (χ1n) is 18.8. The van der Waals surface area contributed by atoms with Crippen LogP contribution in [-0.2, 0) is 4.79 Å². The first kappa shape index (κ1) is 33.6. The van der Waals surface area contributed by atoms with Gasteiger partial charge in [0, 0.05) is 11.1 Å². The molecule has 9 unspecified atom stereocenters. The minimum atomic E-state index is -1.09. The van der Waals surface area contributed by atoms with Crippen molar-refractivity contribution in [2.75, 3.05) is 0 Å². The van der Waals surface area contributed by atoms with E-state index in [4.69, 9.17) is 0 Å². The van der Waals surface area contributed by atoms with Crippen molar-refractivity contribution in [3.05, 3.63) is 53.6 Å². The van der Waals surface area contributed by atoms with Gasteiger partial charge in [-0.3, -0.25) is 4.79 Å². The lowest BCUT2D eigenvalue weighted by atomic mass is 9.33. The molecule has 6 aliphatic carbocycles. The van der Waals surface area contributed by atoms with Crippen molar-refractivity contribution >= 4 is 23.4 Å². The topological polar surface area (TPSA) is 95.5 Å². The molecule has 0 saturated heterocycles.